The number of nitrogens with zero attached hydrogens (tertiary/aromatic N) is 3. The maximum Gasteiger partial charge on any atom is 0.416 e. The van der Waals surface area contributed by atoms with E-state index in [1.165, 1.54) is 31.2 Å². The number of likely N-dealkylation sites (tertiary alicyclic amines) is 1. The van der Waals surface area contributed by atoms with Gasteiger partial charge in [-0.05, 0) is 74.8 Å². The molecule has 4 nitrogen and oxygen atoms in total. The summed E-state index contributed by atoms with van der Waals surface area (Å²) >= 11 is 0. The molecule has 0 spiro atoms. The van der Waals surface area contributed by atoms with Gasteiger partial charge in [-0.2, -0.15) is 26.3 Å². The predicted octanol–water partition coefficient (Wildman–Crippen LogP) is 5.70. The molecule has 0 unspecified atom stereocenters. The Bertz CT molecular complexity index is 828. The van der Waals surface area contributed by atoms with Gasteiger partial charge < -0.3 is 9.80 Å². The van der Waals surface area contributed by atoms with Gasteiger partial charge in [0.25, 0.3) is 0 Å². The van der Waals surface area contributed by atoms with Gasteiger partial charge in [-0.25, -0.2) is 0 Å². The number of benzene rings is 1. The van der Waals surface area contributed by atoms with Gasteiger partial charge >= 0.3 is 12.4 Å². The highest BCUT2D eigenvalue weighted by molar-refractivity contribution is 5.78. The minimum absolute atomic E-state index is 0.0412. The number of hydrogen-bond acceptors (Lipinski definition) is 3. The quantitative estimate of drug-likeness (QED) is 0.370. The molecule has 2 fully saturated rings. The third-order valence-electron chi connectivity index (χ3n) is 7.47. The van der Waals surface area contributed by atoms with Crippen LogP contribution in [0.4, 0.5) is 26.3 Å². The first-order chi connectivity index (χ1) is 16.9. The van der Waals surface area contributed by atoms with E-state index in [1.54, 1.807) is 0 Å². The van der Waals surface area contributed by atoms with Gasteiger partial charge in [0.1, 0.15) is 0 Å². The molecule has 0 N–H and O–H groups in total. The lowest BCUT2D eigenvalue weighted by atomic mass is 9.84. The molecule has 1 aliphatic heterocycles. The van der Waals surface area contributed by atoms with Crippen LogP contribution in [0.15, 0.2) is 18.2 Å². The summed E-state index contributed by atoms with van der Waals surface area (Å²) in [6.45, 7) is 6.30. The smallest absolute Gasteiger partial charge is 0.344 e. The van der Waals surface area contributed by atoms with Crippen LogP contribution in [0.25, 0.3) is 0 Å². The molecule has 204 valence electrons. The van der Waals surface area contributed by atoms with Crippen molar-refractivity contribution in [2.75, 3.05) is 46.3 Å². The van der Waals surface area contributed by atoms with Crippen molar-refractivity contribution >= 4 is 5.91 Å². The second kappa shape index (κ2) is 12.2. The van der Waals surface area contributed by atoms with E-state index in [4.69, 9.17) is 0 Å². The molecular weight excluding hydrogens is 484 g/mol. The summed E-state index contributed by atoms with van der Waals surface area (Å²) in [5.41, 5.74) is -2.77. The molecule has 10 heteroatoms. The van der Waals surface area contributed by atoms with Crippen LogP contribution in [-0.2, 0) is 23.6 Å². The Labute approximate surface area is 209 Å². The second-order valence-electron chi connectivity index (χ2n) is 10.3. The minimum atomic E-state index is -4.88. The Morgan fingerprint density at radius 2 is 1.53 bits per heavy atom. The SMILES string of the molecule is CCCN(CC1CCC1)C1CCN(CC(=O)N(C)CCc2cc(C(F)(F)F)cc(C(F)(F)F)c2)CC1. The summed E-state index contributed by atoms with van der Waals surface area (Å²) in [4.78, 5) is 18.8. The lowest BCUT2D eigenvalue weighted by Crippen LogP contribution is -2.49. The number of alkyl halides is 6. The van der Waals surface area contributed by atoms with Crippen LogP contribution >= 0.6 is 0 Å². The molecule has 0 aromatic heterocycles. The van der Waals surface area contributed by atoms with Gasteiger partial charge in [0, 0.05) is 39.3 Å². The zero-order chi connectivity index (χ0) is 26.5. The monoisotopic (exact) mass is 521 g/mol. The Kier molecular flexibility index (Phi) is 9.71. The van der Waals surface area contributed by atoms with Gasteiger partial charge in [0.2, 0.25) is 5.91 Å². The van der Waals surface area contributed by atoms with E-state index in [2.05, 4.69) is 16.7 Å². The van der Waals surface area contributed by atoms with Crippen LogP contribution < -0.4 is 0 Å². The first kappa shape index (κ1) is 28.8. The van der Waals surface area contributed by atoms with Crippen molar-refractivity contribution in [3.63, 3.8) is 0 Å². The number of hydrogen-bond donors (Lipinski definition) is 0. The molecule has 1 amide bonds. The maximum atomic E-state index is 13.1. The fraction of sp³-hybridized carbons (Fsp3) is 0.731. The van der Waals surface area contributed by atoms with E-state index in [0.29, 0.717) is 6.04 Å². The van der Waals surface area contributed by atoms with Crippen molar-refractivity contribution in [3.05, 3.63) is 34.9 Å². The van der Waals surface area contributed by atoms with E-state index < -0.39 is 23.5 Å². The standard InChI is InChI=1S/C26H37F6N3O/c1-3-10-35(17-19-5-4-6-19)23-8-12-34(13-9-23)18-24(36)33(2)11-7-20-14-21(25(27,28)29)16-22(15-20)26(30,31)32/h14-16,19,23H,3-13,17-18H2,1-2H3. The van der Waals surface area contributed by atoms with Crippen molar-refractivity contribution in [1.29, 1.82) is 0 Å². The van der Waals surface area contributed by atoms with Crippen molar-refractivity contribution in [2.45, 2.75) is 70.3 Å². The topological polar surface area (TPSA) is 26.8 Å². The minimum Gasteiger partial charge on any atom is -0.344 e. The number of carbonyl (C=O) groups is 1. The van der Waals surface area contributed by atoms with Gasteiger partial charge in [0.15, 0.2) is 0 Å². The molecule has 1 aliphatic carbocycles. The van der Waals surface area contributed by atoms with Crippen LogP contribution in [0.1, 0.15) is 62.1 Å². The number of likely N-dealkylation sites (N-methyl/N-ethyl adjacent to an activating group) is 1. The first-order valence-corrected chi connectivity index (χ1v) is 12.9. The van der Waals surface area contributed by atoms with Gasteiger partial charge in [-0.15, -0.1) is 0 Å². The van der Waals surface area contributed by atoms with Crippen LogP contribution in [0.5, 0.6) is 0 Å². The molecule has 1 heterocycles. The lowest BCUT2D eigenvalue weighted by molar-refractivity contribution is -0.143. The number of piperidine rings is 1. The van der Waals surface area contributed by atoms with Crippen LogP contribution in [0.2, 0.25) is 0 Å². The highest BCUT2D eigenvalue weighted by atomic mass is 19.4. The van der Waals surface area contributed by atoms with E-state index in [1.807, 2.05) is 0 Å². The molecule has 36 heavy (non-hydrogen) atoms. The van der Waals surface area contributed by atoms with E-state index in [0.717, 1.165) is 63.5 Å². The summed E-state index contributed by atoms with van der Waals surface area (Å²) in [5.74, 6) is 0.630. The molecule has 1 saturated carbocycles. The molecule has 0 atom stereocenters. The molecule has 2 aliphatic rings. The molecule has 1 aromatic carbocycles. The van der Waals surface area contributed by atoms with Crippen molar-refractivity contribution in [3.8, 4) is 0 Å². The number of rotatable bonds is 10. The molecule has 3 rings (SSSR count). The zero-order valence-corrected chi connectivity index (χ0v) is 21.1. The second-order valence-corrected chi connectivity index (χ2v) is 10.3. The highest BCUT2D eigenvalue weighted by Crippen LogP contribution is 2.36. The Hall–Kier alpha value is -1.81. The summed E-state index contributed by atoms with van der Waals surface area (Å²) in [7, 11) is 1.54. The predicted molar refractivity (Wildman–Crippen MR) is 126 cm³/mol. The van der Waals surface area contributed by atoms with Crippen molar-refractivity contribution in [2.24, 2.45) is 5.92 Å². The highest BCUT2D eigenvalue weighted by Gasteiger charge is 2.37. The van der Waals surface area contributed by atoms with Gasteiger partial charge in [0.05, 0.1) is 17.7 Å². The van der Waals surface area contributed by atoms with Crippen molar-refractivity contribution < 1.29 is 31.1 Å². The fourth-order valence-electron chi connectivity index (χ4n) is 5.06. The zero-order valence-electron chi connectivity index (χ0n) is 21.1. The third kappa shape index (κ3) is 8.10. The Morgan fingerprint density at radius 3 is 2.00 bits per heavy atom. The normalized spacial score (nSPS) is 18.5. The van der Waals surface area contributed by atoms with E-state index in [-0.39, 0.29) is 37.0 Å². The van der Waals surface area contributed by atoms with Crippen LogP contribution in [0.3, 0.4) is 0 Å². The van der Waals surface area contributed by atoms with Gasteiger partial charge in [-0.1, -0.05) is 13.3 Å². The summed E-state index contributed by atoms with van der Waals surface area (Å²) < 4.78 is 78.5. The van der Waals surface area contributed by atoms with Crippen LogP contribution in [-0.4, -0.2) is 73.0 Å². The molecule has 0 radical (unpaired) electrons. The molecule has 1 saturated heterocycles. The molecular formula is C26H37F6N3O. The largest absolute Gasteiger partial charge is 0.416 e. The fourth-order valence-corrected chi connectivity index (χ4v) is 5.06. The van der Waals surface area contributed by atoms with Crippen molar-refractivity contribution in [1.82, 2.24) is 14.7 Å². The average Bonchev–Trinajstić information content (AvgIpc) is 2.78. The Morgan fingerprint density at radius 1 is 0.944 bits per heavy atom. The third-order valence-corrected chi connectivity index (χ3v) is 7.47. The average molecular weight is 522 g/mol. The summed E-state index contributed by atoms with van der Waals surface area (Å²) in [6.07, 6.45) is -2.78. The van der Waals surface area contributed by atoms with Crippen LogP contribution in [0, 0.1) is 5.92 Å². The summed E-state index contributed by atoms with van der Waals surface area (Å²) in [6, 6.07) is 2.10. The Balaban J connectivity index is 1.50. The first-order valence-electron chi connectivity index (χ1n) is 12.9. The lowest BCUT2D eigenvalue weighted by Gasteiger charge is -2.41. The molecule has 0 bridgehead atoms. The van der Waals surface area contributed by atoms with Gasteiger partial charge in [-0.3, -0.25) is 9.69 Å². The van der Waals surface area contributed by atoms with E-state index >= 15 is 0 Å². The van der Waals surface area contributed by atoms with E-state index in [9.17, 15) is 31.1 Å². The summed E-state index contributed by atoms with van der Waals surface area (Å²) in [5, 5.41) is 0. The maximum absolute atomic E-state index is 13.1. The number of amides is 1. The molecule has 1 aromatic rings. The number of carbonyl (C=O) groups excluding carboxylic acids is 1. The number of halogens is 6.